The second-order valence-corrected chi connectivity index (χ2v) is 6.90. The number of nitrogens with zero attached hydrogens (tertiary/aromatic N) is 2. The molecule has 3 rings (SSSR count). The molecule has 144 valence electrons. The molecule has 6 heteroatoms. The molecule has 2 aromatic rings. The van der Waals surface area contributed by atoms with E-state index in [1.807, 2.05) is 49.5 Å². The maximum absolute atomic E-state index is 12.3. The Balaban J connectivity index is 1.55. The largest absolute Gasteiger partial charge is 0.379 e. The summed E-state index contributed by atoms with van der Waals surface area (Å²) in [5.41, 5.74) is 4.24. The molecule has 6 nitrogen and oxygen atoms in total. The number of morpholine rings is 1. The zero-order chi connectivity index (χ0) is 19.1. The monoisotopic (exact) mass is 368 g/mol. The van der Waals surface area contributed by atoms with Crippen molar-refractivity contribution in [3.8, 4) is 0 Å². The van der Waals surface area contributed by atoms with Crippen molar-refractivity contribution in [2.75, 3.05) is 44.7 Å². The van der Waals surface area contributed by atoms with Crippen LogP contribution >= 0.6 is 0 Å². The van der Waals surface area contributed by atoms with E-state index in [-0.39, 0.29) is 18.5 Å². The van der Waals surface area contributed by atoms with Crippen LogP contribution < -0.4 is 10.6 Å². The molecular formula is C21H28N4O2. The van der Waals surface area contributed by atoms with Crippen molar-refractivity contribution in [1.82, 2.24) is 15.2 Å². The second-order valence-electron chi connectivity index (χ2n) is 6.90. The molecule has 2 heterocycles. The first-order valence-corrected chi connectivity index (χ1v) is 9.44. The van der Waals surface area contributed by atoms with Crippen LogP contribution in [0.2, 0.25) is 0 Å². The fourth-order valence-corrected chi connectivity index (χ4v) is 3.23. The lowest BCUT2D eigenvalue weighted by Gasteiger charge is -2.34. The van der Waals surface area contributed by atoms with E-state index in [0.717, 1.165) is 37.7 Å². The summed E-state index contributed by atoms with van der Waals surface area (Å²) in [6.45, 7) is 8.25. The first-order chi connectivity index (χ1) is 13.1. The van der Waals surface area contributed by atoms with Gasteiger partial charge in [-0.25, -0.2) is 0 Å². The number of ether oxygens (including phenoxy) is 1. The molecule has 1 fully saturated rings. The van der Waals surface area contributed by atoms with Crippen molar-refractivity contribution in [1.29, 1.82) is 0 Å². The molecule has 0 saturated carbocycles. The predicted octanol–water partition coefficient (Wildman–Crippen LogP) is 2.30. The highest BCUT2D eigenvalue weighted by Crippen LogP contribution is 2.19. The summed E-state index contributed by atoms with van der Waals surface area (Å²) >= 11 is 0. The zero-order valence-electron chi connectivity index (χ0n) is 16.1. The highest BCUT2D eigenvalue weighted by atomic mass is 16.5. The molecule has 1 aromatic carbocycles. The number of pyridine rings is 1. The summed E-state index contributed by atoms with van der Waals surface area (Å²) in [6.07, 6.45) is 1.81. The van der Waals surface area contributed by atoms with E-state index < -0.39 is 0 Å². The van der Waals surface area contributed by atoms with Crippen molar-refractivity contribution in [3.05, 3.63) is 59.4 Å². The number of carbonyl (C=O) groups is 1. The van der Waals surface area contributed by atoms with Crippen LogP contribution in [0.5, 0.6) is 0 Å². The Bertz CT molecular complexity index is 745. The minimum absolute atomic E-state index is 0.0417. The first kappa shape index (κ1) is 19.5. The molecule has 0 unspecified atom stereocenters. The van der Waals surface area contributed by atoms with Crippen molar-refractivity contribution in [2.24, 2.45) is 0 Å². The van der Waals surface area contributed by atoms with Crippen LogP contribution in [0.4, 0.5) is 5.69 Å². The lowest BCUT2D eigenvalue weighted by Crippen LogP contribution is -2.44. The molecule has 1 saturated heterocycles. The van der Waals surface area contributed by atoms with Gasteiger partial charge in [0.1, 0.15) is 0 Å². The van der Waals surface area contributed by atoms with Crippen LogP contribution in [0.3, 0.4) is 0 Å². The first-order valence-electron chi connectivity index (χ1n) is 9.44. The van der Waals surface area contributed by atoms with Gasteiger partial charge < -0.3 is 15.4 Å². The number of carbonyl (C=O) groups excluding carboxylic acids is 1. The molecule has 0 radical (unpaired) electrons. The molecule has 1 atom stereocenters. The fourth-order valence-electron chi connectivity index (χ4n) is 3.23. The SMILES string of the molecule is Cc1ccc(NC(=O)CNC[C@H](c2ccccn2)N2CCOCC2)cc1C. The molecule has 1 aromatic heterocycles. The molecule has 27 heavy (non-hydrogen) atoms. The number of hydrogen-bond acceptors (Lipinski definition) is 5. The Morgan fingerprint density at radius 3 is 2.70 bits per heavy atom. The van der Waals surface area contributed by atoms with Crippen LogP contribution in [0.15, 0.2) is 42.6 Å². The van der Waals surface area contributed by atoms with E-state index in [2.05, 4.69) is 27.4 Å². The van der Waals surface area contributed by atoms with Gasteiger partial charge in [-0.15, -0.1) is 0 Å². The summed E-state index contributed by atoms with van der Waals surface area (Å²) in [5.74, 6) is -0.0417. The third-order valence-corrected chi connectivity index (χ3v) is 4.93. The summed E-state index contributed by atoms with van der Waals surface area (Å²) < 4.78 is 5.47. The lowest BCUT2D eigenvalue weighted by molar-refractivity contribution is -0.115. The topological polar surface area (TPSA) is 66.5 Å². The number of nitrogens with one attached hydrogen (secondary N) is 2. The lowest BCUT2D eigenvalue weighted by atomic mass is 10.1. The predicted molar refractivity (Wildman–Crippen MR) is 107 cm³/mol. The van der Waals surface area contributed by atoms with Gasteiger partial charge in [-0.2, -0.15) is 0 Å². The number of benzene rings is 1. The molecule has 0 spiro atoms. The zero-order valence-corrected chi connectivity index (χ0v) is 16.1. The van der Waals surface area contributed by atoms with Crippen LogP contribution in [0, 0.1) is 13.8 Å². The van der Waals surface area contributed by atoms with E-state index in [1.165, 1.54) is 11.1 Å². The number of amides is 1. The van der Waals surface area contributed by atoms with Gasteiger partial charge in [0.2, 0.25) is 5.91 Å². The average molecular weight is 368 g/mol. The second kappa shape index (κ2) is 9.60. The number of rotatable bonds is 7. The van der Waals surface area contributed by atoms with E-state index in [1.54, 1.807) is 0 Å². The Kier molecular flexibility index (Phi) is 6.92. The standard InChI is InChI=1S/C21H28N4O2/c1-16-6-7-18(13-17(16)2)24-21(26)15-22-14-20(19-5-3-4-8-23-19)25-9-11-27-12-10-25/h3-8,13,20,22H,9-12,14-15H2,1-2H3,(H,24,26)/t20-/m1/s1. The van der Waals surface area contributed by atoms with Crippen LogP contribution in [0.25, 0.3) is 0 Å². The van der Waals surface area contributed by atoms with E-state index in [4.69, 9.17) is 4.74 Å². The summed E-state index contributed by atoms with van der Waals surface area (Å²) in [5, 5.41) is 6.25. The van der Waals surface area contributed by atoms with Crippen molar-refractivity contribution >= 4 is 11.6 Å². The molecule has 1 aliphatic rings. The maximum Gasteiger partial charge on any atom is 0.238 e. The van der Waals surface area contributed by atoms with Gasteiger partial charge in [0.25, 0.3) is 0 Å². The Hall–Kier alpha value is -2.28. The summed E-state index contributed by atoms with van der Waals surface area (Å²) in [4.78, 5) is 19.2. The highest BCUT2D eigenvalue weighted by Gasteiger charge is 2.23. The van der Waals surface area contributed by atoms with Gasteiger partial charge in [0.05, 0.1) is 31.5 Å². The van der Waals surface area contributed by atoms with Gasteiger partial charge in [-0.1, -0.05) is 12.1 Å². The number of hydrogen-bond donors (Lipinski definition) is 2. The molecule has 2 N–H and O–H groups in total. The molecular weight excluding hydrogens is 340 g/mol. The smallest absolute Gasteiger partial charge is 0.238 e. The van der Waals surface area contributed by atoms with Gasteiger partial charge >= 0.3 is 0 Å². The minimum Gasteiger partial charge on any atom is -0.379 e. The quantitative estimate of drug-likeness (QED) is 0.785. The third-order valence-electron chi connectivity index (χ3n) is 4.93. The van der Waals surface area contributed by atoms with Crippen molar-refractivity contribution in [2.45, 2.75) is 19.9 Å². The molecule has 1 aliphatic heterocycles. The third kappa shape index (κ3) is 5.60. The van der Waals surface area contributed by atoms with Gasteiger partial charge in [-0.05, 0) is 49.2 Å². The van der Waals surface area contributed by atoms with Gasteiger partial charge in [0, 0.05) is 31.5 Å². The number of aryl methyl sites for hydroxylation is 2. The number of anilines is 1. The minimum atomic E-state index is -0.0417. The van der Waals surface area contributed by atoms with Crippen LogP contribution in [-0.4, -0.2) is 55.2 Å². The Labute approximate surface area is 160 Å². The van der Waals surface area contributed by atoms with E-state index >= 15 is 0 Å². The highest BCUT2D eigenvalue weighted by molar-refractivity contribution is 5.92. The summed E-state index contributed by atoms with van der Waals surface area (Å²) in [6, 6.07) is 12.0. The summed E-state index contributed by atoms with van der Waals surface area (Å²) in [7, 11) is 0. The Morgan fingerprint density at radius 1 is 1.19 bits per heavy atom. The maximum atomic E-state index is 12.3. The van der Waals surface area contributed by atoms with Crippen LogP contribution in [-0.2, 0) is 9.53 Å². The van der Waals surface area contributed by atoms with Crippen LogP contribution in [0.1, 0.15) is 22.9 Å². The normalized spacial score (nSPS) is 16.1. The average Bonchev–Trinajstić information content (AvgIpc) is 2.69. The van der Waals surface area contributed by atoms with Crippen molar-refractivity contribution in [3.63, 3.8) is 0 Å². The van der Waals surface area contributed by atoms with Gasteiger partial charge in [-0.3, -0.25) is 14.7 Å². The molecule has 0 aliphatic carbocycles. The Morgan fingerprint density at radius 2 is 2.00 bits per heavy atom. The number of aromatic nitrogens is 1. The van der Waals surface area contributed by atoms with Gasteiger partial charge in [0.15, 0.2) is 0 Å². The van der Waals surface area contributed by atoms with E-state index in [9.17, 15) is 4.79 Å². The molecule has 1 amide bonds. The molecule has 0 bridgehead atoms. The van der Waals surface area contributed by atoms with E-state index in [0.29, 0.717) is 6.54 Å². The fraction of sp³-hybridized carbons (Fsp3) is 0.429. The van der Waals surface area contributed by atoms with Crippen molar-refractivity contribution < 1.29 is 9.53 Å².